The second kappa shape index (κ2) is 4.88. The van der Waals surface area contributed by atoms with E-state index in [1.54, 1.807) is 12.1 Å². The van der Waals surface area contributed by atoms with E-state index in [2.05, 4.69) is 0 Å². The lowest BCUT2D eigenvalue weighted by molar-refractivity contribution is 0.236. The van der Waals surface area contributed by atoms with E-state index in [1.807, 2.05) is 23.9 Å². The molecule has 1 fully saturated rings. The molecule has 0 bridgehead atoms. The summed E-state index contributed by atoms with van der Waals surface area (Å²) in [6.07, 6.45) is 1.29. The van der Waals surface area contributed by atoms with Crippen molar-refractivity contribution in [3.8, 4) is 0 Å². The summed E-state index contributed by atoms with van der Waals surface area (Å²) in [7, 11) is 0. The molecule has 1 nitrogen and oxygen atoms in total. The van der Waals surface area contributed by atoms with Gasteiger partial charge in [-0.15, -0.1) is 0 Å². The topological polar surface area (TPSA) is 26.0 Å². The maximum Gasteiger partial charge on any atom is 0.129 e. The molecule has 2 atom stereocenters. The number of benzene rings is 1. The molecule has 0 aromatic heterocycles. The fourth-order valence-corrected chi connectivity index (χ4v) is 3.17. The van der Waals surface area contributed by atoms with Crippen LogP contribution in [0.4, 0.5) is 10.1 Å². The van der Waals surface area contributed by atoms with Gasteiger partial charge in [0, 0.05) is 11.6 Å². The molecule has 3 heteroatoms. The van der Waals surface area contributed by atoms with Gasteiger partial charge in [-0.1, -0.05) is 12.1 Å². The van der Waals surface area contributed by atoms with Crippen LogP contribution in [0.15, 0.2) is 24.3 Å². The largest absolute Gasteiger partial charge is 0.399 e. The zero-order chi connectivity index (χ0) is 10.7. The van der Waals surface area contributed by atoms with E-state index in [0.29, 0.717) is 5.69 Å². The summed E-state index contributed by atoms with van der Waals surface area (Å²) >= 11 is 1.86. The molecular weight excluding hydrogens is 209 g/mol. The number of nitrogen functional groups attached to an aromatic ring is 1. The van der Waals surface area contributed by atoms with E-state index >= 15 is 0 Å². The summed E-state index contributed by atoms with van der Waals surface area (Å²) in [5.41, 5.74) is 7.04. The molecule has 0 amide bonds. The molecule has 0 spiro atoms. The van der Waals surface area contributed by atoms with Crippen molar-refractivity contribution in [2.75, 3.05) is 17.2 Å². The van der Waals surface area contributed by atoms with Crippen molar-refractivity contribution in [2.24, 2.45) is 5.92 Å². The number of alkyl halides is 1. The molecule has 2 unspecified atom stereocenters. The minimum Gasteiger partial charge on any atom is -0.399 e. The fraction of sp³-hybridized carbons (Fsp3) is 0.500. The first kappa shape index (κ1) is 10.8. The Morgan fingerprint density at radius 2 is 2.33 bits per heavy atom. The van der Waals surface area contributed by atoms with Gasteiger partial charge >= 0.3 is 0 Å². The van der Waals surface area contributed by atoms with E-state index in [-0.39, 0.29) is 5.92 Å². The number of rotatable bonds is 2. The molecule has 0 saturated carbocycles. The highest BCUT2D eigenvalue weighted by Crippen LogP contribution is 2.36. The minimum atomic E-state index is -0.846. The molecule has 2 N–H and O–H groups in total. The number of hydrogen-bond acceptors (Lipinski definition) is 2. The van der Waals surface area contributed by atoms with Crippen molar-refractivity contribution >= 4 is 17.4 Å². The Balaban J connectivity index is 2.08. The van der Waals surface area contributed by atoms with Crippen LogP contribution >= 0.6 is 11.8 Å². The summed E-state index contributed by atoms with van der Waals surface area (Å²) in [4.78, 5) is 0. The predicted molar refractivity (Wildman–Crippen MR) is 64.8 cm³/mol. The van der Waals surface area contributed by atoms with E-state index in [4.69, 9.17) is 5.73 Å². The lowest BCUT2D eigenvalue weighted by atomic mass is 9.94. The van der Waals surface area contributed by atoms with Gasteiger partial charge in [-0.2, -0.15) is 11.8 Å². The molecule has 0 radical (unpaired) electrons. The van der Waals surface area contributed by atoms with Crippen molar-refractivity contribution < 1.29 is 4.39 Å². The number of nitrogens with two attached hydrogens (primary N) is 1. The molecule has 1 aliphatic rings. The smallest absolute Gasteiger partial charge is 0.129 e. The Bertz CT molecular complexity index is 323. The second-order valence-electron chi connectivity index (χ2n) is 4.05. The Morgan fingerprint density at radius 1 is 1.47 bits per heavy atom. The number of anilines is 1. The molecule has 82 valence electrons. The average molecular weight is 225 g/mol. The zero-order valence-electron chi connectivity index (χ0n) is 8.66. The van der Waals surface area contributed by atoms with Gasteiger partial charge in [-0.25, -0.2) is 4.39 Å². The number of halogens is 1. The van der Waals surface area contributed by atoms with Gasteiger partial charge in [0.2, 0.25) is 0 Å². The number of thioether (sulfide) groups is 1. The Hall–Kier alpha value is -0.700. The number of hydrogen-bond donors (Lipinski definition) is 1. The van der Waals surface area contributed by atoms with Gasteiger partial charge in [0.1, 0.15) is 6.17 Å². The summed E-state index contributed by atoms with van der Waals surface area (Å²) < 4.78 is 14.1. The molecule has 1 heterocycles. The van der Waals surface area contributed by atoms with Crippen LogP contribution < -0.4 is 5.73 Å². The third-order valence-electron chi connectivity index (χ3n) is 2.84. The quantitative estimate of drug-likeness (QED) is 0.780. The predicted octanol–water partition coefficient (Wildman–Crippen LogP) is 3.42. The molecule has 1 aromatic carbocycles. The SMILES string of the molecule is Nc1cccc(C(F)C2CCCSC2)c1. The summed E-state index contributed by atoms with van der Waals surface area (Å²) in [5, 5.41) is 0. The van der Waals surface area contributed by atoms with Crippen molar-refractivity contribution in [1.29, 1.82) is 0 Å². The van der Waals surface area contributed by atoms with Crippen molar-refractivity contribution in [3.05, 3.63) is 29.8 Å². The summed E-state index contributed by atoms with van der Waals surface area (Å²) in [5.74, 6) is 2.29. The van der Waals surface area contributed by atoms with E-state index in [9.17, 15) is 4.39 Å². The van der Waals surface area contributed by atoms with Crippen LogP contribution in [0.3, 0.4) is 0 Å². The first-order valence-electron chi connectivity index (χ1n) is 5.34. The Morgan fingerprint density at radius 3 is 3.00 bits per heavy atom. The van der Waals surface area contributed by atoms with Crippen molar-refractivity contribution in [1.82, 2.24) is 0 Å². The highest BCUT2D eigenvalue weighted by molar-refractivity contribution is 7.99. The van der Waals surface area contributed by atoms with Gasteiger partial charge in [0.25, 0.3) is 0 Å². The van der Waals surface area contributed by atoms with Crippen molar-refractivity contribution in [2.45, 2.75) is 19.0 Å². The maximum atomic E-state index is 14.1. The molecule has 1 aromatic rings. The zero-order valence-corrected chi connectivity index (χ0v) is 9.47. The van der Waals surface area contributed by atoms with Gasteiger partial charge in [0.15, 0.2) is 0 Å². The highest BCUT2D eigenvalue weighted by Gasteiger charge is 2.24. The Kier molecular flexibility index (Phi) is 3.52. The lowest BCUT2D eigenvalue weighted by Gasteiger charge is -2.24. The molecule has 15 heavy (non-hydrogen) atoms. The van der Waals surface area contributed by atoms with E-state index in [1.165, 1.54) is 5.75 Å². The second-order valence-corrected chi connectivity index (χ2v) is 5.20. The van der Waals surface area contributed by atoms with Crippen molar-refractivity contribution in [3.63, 3.8) is 0 Å². The van der Waals surface area contributed by atoms with Gasteiger partial charge < -0.3 is 5.73 Å². The van der Waals surface area contributed by atoms with Gasteiger partial charge in [-0.05, 0) is 42.0 Å². The standard InChI is InChI=1S/C12H16FNS/c13-12(10-4-2-6-15-8-10)9-3-1-5-11(14)7-9/h1,3,5,7,10,12H,2,4,6,8,14H2. The lowest BCUT2D eigenvalue weighted by Crippen LogP contribution is -2.16. The van der Waals surface area contributed by atoms with Crippen LogP contribution in [0.2, 0.25) is 0 Å². The third kappa shape index (κ3) is 2.65. The van der Waals surface area contributed by atoms with Crippen LogP contribution in [0.1, 0.15) is 24.6 Å². The van der Waals surface area contributed by atoms with E-state index < -0.39 is 6.17 Å². The first-order valence-corrected chi connectivity index (χ1v) is 6.50. The van der Waals surface area contributed by atoms with Crippen LogP contribution in [0, 0.1) is 5.92 Å². The fourth-order valence-electron chi connectivity index (χ4n) is 2.00. The Labute approximate surface area is 94.2 Å². The van der Waals surface area contributed by atoms with Crippen LogP contribution in [0.25, 0.3) is 0 Å². The molecular formula is C12H16FNS. The third-order valence-corrected chi connectivity index (χ3v) is 4.08. The molecule has 1 saturated heterocycles. The normalized spacial score (nSPS) is 23.7. The highest BCUT2D eigenvalue weighted by atomic mass is 32.2. The van der Waals surface area contributed by atoms with Crippen LogP contribution in [-0.2, 0) is 0 Å². The molecule has 0 aliphatic carbocycles. The summed E-state index contributed by atoms with van der Waals surface area (Å²) in [6, 6.07) is 7.21. The molecule has 2 rings (SSSR count). The van der Waals surface area contributed by atoms with E-state index in [0.717, 1.165) is 24.2 Å². The first-order chi connectivity index (χ1) is 7.27. The maximum absolute atomic E-state index is 14.1. The van der Waals surface area contributed by atoms with Gasteiger partial charge in [0.05, 0.1) is 0 Å². The molecule has 1 aliphatic heterocycles. The monoisotopic (exact) mass is 225 g/mol. The summed E-state index contributed by atoms with van der Waals surface area (Å²) in [6.45, 7) is 0. The van der Waals surface area contributed by atoms with Crippen LogP contribution in [0.5, 0.6) is 0 Å². The minimum absolute atomic E-state index is 0.172. The van der Waals surface area contributed by atoms with Gasteiger partial charge in [-0.3, -0.25) is 0 Å². The van der Waals surface area contributed by atoms with Crippen LogP contribution in [-0.4, -0.2) is 11.5 Å². The average Bonchev–Trinajstić information content (AvgIpc) is 2.29.